The molecule has 2 saturated carbocycles. The molecule has 1 aromatic rings. The number of carbonyl (C=O) groups excluding carboxylic acids is 1. The number of anilines is 1. The minimum atomic E-state index is -0.276. The fourth-order valence-corrected chi connectivity index (χ4v) is 3.34. The molecule has 1 heterocycles. The average molecular weight is 214 g/mol. The fourth-order valence-electron chi connectivity index (χ4n) is 3.34. The number of rotatable bonds is 1. The Morgan fingerprint density at radius 3 is 2.81 bits per heavy atom. The summed E-state index contributed by atoms with van der Waals surface area (Å²) in [5, 5.41) is 2.99. The largest absolute Gasteiger partial charge is 0.325 e. The second-order valence-corrected chi connectivity index (χ2v) is 5.46. The van der Waals surface area contributed by atoms with Crippen molar-refractivity contribution in [1.29, 1.82) is 0 Å². The molecule has 0 radical (unpaired) electrons. The molecule has 82 valence electrons. The molecule has 2 atom stereocenters. The van der Waals surface area contributed by atoms with Gasteiger partial charge in [-0.05, 0) is 36.8 Å². The smallest absolute Gasteiger partial charge is 0.235 e. The maximum Gasteiger partial charge on any atom is 0.235 e. The molecule has 2 fully saturated rings. The van der Waals surface area contributed by atoms with Crippen LogP contribution in [0.15, 0.2) is 24.3 Å². The van der Waals surface area contributed by atoms with E-state index in [9.17, 15) is 4.79 Å². The van der Waals surface area contributed by atoms with Gasteiger partial charge in [-0.2, -0.15) is 0 Å². The molecule has 2 aliphatic carbocycles. The van der Waals surface area contributed by atoms with Gasteiger partial charge in [-0.1, -0.05) is 18.2 Å². The minimum absolute atomic E-state index is 0.0468. The van der Waals surface area contributed by atoms with Crippen molar-refractivity contribution in [2.45, 2.75) is 30.2 Å². The van der Waals surface area contributed by atoms with Crippen molar-refractivity contribution in [2.24, 2.45) is 11.7 Å². The molecule has 3 heteroatoms. The molecule has 3 aliphatic rings. The van der Waals surface area contributed by atoms with Crippen LogP contribution < -0.4 is 11.1 Å². The summed E-state index contributed by atoms with van der Waals surface area (Å²) in [4.78, 5) is 12.1. The maximum atomic E-state index is 12.1. The molecule has 0 saturated heterocycles. The summed E-state index contributed by atoms with van der Waals surface area (Å²) in [5.41, 5.74) is 8.08. The van der Waals surface area contributed by atoms with Crippen LogP contribution in [0, 0.1) is 5.92 Å². The molecule has 4 rings (SSSR count). The molecule has 1 amide bonds. The highest BCUT2D eigenvalue weighted by Gasteiger charge is 2.72. The summed E-state index contributed by atoms with van der Waals surface area (Å²) in [6.07, 6.45) is 3.09. The Balaban J connectivity index is 1.83. The first-order valence-corrected chi connectivity index (χ1v) is 5.87. The zero-order valence-corrected chi connectivity index (χ0v) is 8.99. The zero-order valence-electron chi connectivity index (χ0n) is 8.99. The lowest BCUT2D eigenvalue weighted by Crippen LogP contribution is -2.32. The molecule has 2 unspecified atom stereocenters. The molecule has 1 spiro atoms. The van der Waals surface area contributed by atoms with E-state index in [-0.39, 0.29) is 16.9 Å². The quantitative estimate of drug-likeness (QED) is 0.742. The number of amides is 1. The Morgan fingerprint density at radius 1 is 1.31 bits per heavy atom. The van der Waals surface area contributed by atoms with Gasteiger partial charge in [0.15, 0.2) is 0 Å². The van der Waals surface area contributed by atoms with Gasteiger partial charge in [0.2, 0.25) is 5.91 Å². The van der Waals surface area contributed by atoms with E-state index in [4.69, 9.17) is 5.73 Å². The van der Waals surface area contributed by atoms with E-state index in [1.807, 2.05) is 18.2 Å². The molecule has 16 heavy (non-hydrogen) atoms. The lowest BCUT2D eigenvalue weighted by molar-refractivity contribution is -0.118. The SMILES string of the molecule is NC1(C2CC23C(=O)Nc2ccccc23)CC1. The van der Waals surface area contributed by atoms with Crippen molar-refractivity contribution < 1.29 is 4.79 Å². The highest BCUT2D eigenvalue weighted by molar-refractivity contribution is 6.09. The third-order valence-electron chi connectivity index (χ3n) is 4.54. The molecule has 3 N–H and O–H groups in total. The highest BCUT2D eigenvalue weighted by atomic mass is 16.2. The topological polar surface area (TPSA) is 55.1 Å². The van der Waals surface area contributed by atoms with Crippen molar-refractivity contribution in [1.82, 2.24) is 0 Å². The van der Waals surface area contributed by atoms with Gasteiger partial charge < -0.3 is 11.1 Å². The second kappa shape index (κ2) is 2.33. The Labute approximate surface area is 94.0 Å². The average Bonchev–Trinajstić information content (AvgIpc) is 3.13. The maximum absolute atomic E-state index is 12.1. The third-order valence-corrected chi connectivity index (χ3v) is 4.54. The standard InChI is InChI=1S/C13H14N2O/c14-12(5-6-12)10-7-13(10)8-3-1-2-4-9(8)15-11(13)16/h1-4,10H,5-7,14H2,(H,15,16). The van der Waals surface area contributed by atoms with Crippen LogP contribution in [0.4, 0.5) is 5.69 Å². The Morgan fingerprint density at radius 2 is 2.06 bits per heavy atom. The molecular formula is C13H14N2O. The molecular weight excluding hydrogens is 200 g/mol. The molecule has 1 aliphatic heterocycles. The van der Waals surface area contributed by atoms with Gasteiger partial charge in [0.25, 0.3) is 0 Å². The minimum Gasteiger partial charge on any atom is -0.325 e. The Bertz CT molecular complexity index is 506. The third kappa shape index (κ3) is 0.824. The van der Waals surface area contributed by atoms with Gasteiger partial charge in [-0.25, -0.2) is 0 Å². The van der Waals surface area contributed by atoms with Crippen LogP contribution in [-0.4, -0.2) is 11.4 Å². The van der Waals surface area contributed by atoms with Crippen molar-refractivity contribution in [3.8, 4) is 0 Å². The van der Waals surface area contributed by atoms with Crippen LogP contribution in [0.5, 0.6) is 0 Å². The molecule has 0 bridgehead atoms. The van der Waals surface area contributed by atoms with E-state index in [1.54, 1.807) is 0 Å². The summed E-state index contributed by atoms with van der Waals surface area (Å²) in [7, 11) is 0. The summed E-state index contributed by atoms with van der Waals surface area (Å²) in [6.45, 7) is 0. The van der Waals surface area contributed by atoms with E-state index in [1.165, 1.54) is 5.56 Å². The van der Waals surface area contributed by atoms with Gasteiger partial charge in [0.05, 0.1) is 5.41 Å². The Hall–Kier alpha value is -1.35. The van der Waals surface area contributed by atoms with Crippen molar-refractivity contribution in [2.75, 3.05) is 5.32 Å². The number of carbonyl (C=O) groups is 1. The number of hydrogen-bond donors (Lipinski definition) is 2. The first kappa shape index (κ1) is 8.76. The summed E-state index contributed by atoms with van der Waals surface area (Å²) in [6, 6.07) is 8.02. The van der Waals surface area contributed by atoms with Crippen molar-refractivity contribution >= 4 is 11.6 Å². The molecule has 3 nitrogen and oxygen atoms in total. The van der Waals surface area contributed by atoms with E-state index in [2.05, 4.69) is 11.4 Å². The number of benzene rings is 1. The van der Waals surface area contributed by atoms with Crippen LogP contribution in [0.25, 0.3) is 0 Å². The summed E-state index contributed by atoms with van der Waals surface area (Å²) >= 11 is 0. The lowest BCUT2D eigenvalue weighted by atomic mass is 9.91. The normalized spacial score (nSPS) is 37.1. The van der Waals surface area contributed by atoms with E-state index < -0.39 is 0 Å². The van der Waals surface area contributed by atoms with Gasteiger partial charge >= 0.3 is 0 Å². The van der Waals surface area contributed by atoms with E-state index in [0.717, 1.165) is 24.9 Å². The van der Waals surface area contributed by atoms with E-state index in [0.29, 0.717) is 5.92 Å². The highest BCUT2D eigenvalue weighted by Crippen LogP contribution is 2.67. The number of hydrogen-bond acceptors (Lipinski definition) is 2. The van der Waals surface area contributed by atoms with Gasteiger partial charge in [-0.15, -0.1) is 0 Å². The van der Waals surface area contributed by atoms with Crippen LogP contribution in [0.1, 0.15) is 24.8 Å². The summed E-state index contributed by atoms with van der Waals surface area (Å²) in [5.74, 6) is 0.527. The second-order valence-electron chi connectivity index (χ2n) is 5.46. The first-order valence-electron chi connectivity index (χ1n) is 5.87. The van der Waals surface area contributed by atoms with Crippen molar-refractivity contribution in [3.05, 3.63) is 29.8 Å². The van der Waals surface area contributed by atoms with Gasteiger partial charge in [0.1, 0.15) is 0 Å². The fraction of sp³-hybridized carbons (Fsp3) is 0.462. The van der Waals surface area contributed by atoms with Crippen LogP contribution in [0.3, 0.4) is 0 Å². The Kier molecular flexibility index (Phi) is 1.27. The van der Waals surface area contributed by atoms with Gasteiger partial charge in [-0.3, -0.25) is 4.79 Å². The molecule has 1 aromatic carbocycles. The predicted octanol–water partition coefficient (Wildman–Crippen LogP) is 1.39. The van der Waals surface area contributed by atoms with Crippen LogP contribution >= 0.6 is 0 Å². The zero-order chi connectivity index (χ0) is 11.0. The van der Waals surface area contributed by atoms with Crippen LogP contribution in [-0.2, 0) is 10.2 Å². The monoisotopic (exact) mass is 214 g/mol. The number of fused-ring (bicyclic) bond motifs is 2. The number of nitrogens with two attached hydrogens (primary N) is 1. The van der Waals surface area contributed by atoms with Crippen LogP contribution in [0.2, 0.25) is 0 Å². The predicted molar refractivity (Wildman–Crippen MR) is 61.0 cm³/mol. The number of para-hydroxylation sites is 1. The van der Waals surface area contributed by atoms with Crippen molar-refractivity contribution in [3.63, 3.8) is 0 Å². The summed E-state index contributed by atoms with van der Waals surface area (Å²) < 4.78 is 0. The van der Waals surface area contributed by atoms with E-state index >= 15 is 0 Å². The first-order chi connectivity index (χ1) is 7.67. The number of nitrogens with one attached hydrogen (secondary N) is 1. The van der Waals surface area contributed by atoms with Gasteiger partial charge in [0, 0.05) is 11.2 Å². The molecule has 0 aromatic heterocycles. The lowest BCUT2D eigenvalue weighted by Gasteiger charge is -2.12.